The Bertz CT molecular complexity index is 1280. The molecule has 37 heavy (non-hydrogen) atoms. The van der Waals surface area contributed by atoms with Crippen LogP contribution in [-0.4, -0.2) is 60.8 Å². The number of aromatic amines is 1. The van der Waals surface area contributed by atoms with E-state index < -0.39 is 17.7 Å². The Morgan fingerprint density at radius 2 is 1.62 bits per heavy atom. The van der Waals surface area contributed by atoms with Crippen molar-refractivity contribution in [2.75, 3.05) is 23.7 Å². The number of nitrogens with one attached hydrogen (secondary N) is 5. The van der Waals surface area contributed by atoms with Gasteiger partial charge >= 0.3 is 0 Å². The van der Waals surface area contributed by atoms with Crippen LogP contribution in [0.4, 0.5) is 11.5 Å². The molecular weight excluding hydrogens is 478 g/mol. The summed E-state index contributed by atoms with van der Waals surface area (Å²) in [7, 11) is 3.34. The number of nitrogens with zero attached hydrogens (tertiary/aromatic N) is 4. The zero-order valence-corrected chi connectivity index (χ0v) is 20.2. The zero-order chi connectivity index (χ0) is 26.4. The second-order valence-corrected chi connectivity index (χ2v) is 8.17. The number of amides is 4. The van der Waals surface area contributed by atoms with Gasteiger partial charge in [-0.3, -0.25) is 19.2 Å². The van der Waals surface area contributed by atoms with Crippen LogP contribution in [0.2, 0.25) is 0 Å². The minimum absolute atomic E-state index is 0.116. The van der Waals surface area contributed by atoms with Crippen LogP contribution in [0.3, 0.4) is 0 Å². The second-order valence-electron chi connectivity index (χ2n) is 8.17. The quantitative estimate of drug-likeness (QED) is 0.254. The number of carbonyl (C=O) groups is 4. The number of hydrogen-bond donors (Lipinski definition) is 5. The van der Waals surface area contributed by atoms with Gasteiger partial charge in [-0.1, -0.05) is 0 Å². The van der Waals surface area contributed by atoms with Gasteiger partial charge in [-0.2, -0.15) is 0 Å². The molecule has 0 aliphatic heterocycles. The average Bonchev–Trinajstić information content (AvgIpc) is 3.66. The van der Waals surface area contributed by atoms with Crippen molar-refractivity contribution in [1.29, 1.82) is 0 Å². The fraction of sp³-hybridized carbons (Fsp3) is 0.208. The van der Waals surface area contributed by atoms with Crippen molar-refractivity contribution in [2.24, 2.45) is 14.1 Å². The number of aryl methyl sites for hydroxylation is 2. The van der Waals surface area contributed by atoms with Gasteiger partial charge in [-0.25, -0.2) is 9.97 Å². The van der Waals surface area contributed by atoms with Crippen molar-refractivity contribution in [3.63, 3.8) is 0 Å². The third kappa shape index (κ3) is 6.42. The van der Waals surface area contributed by atoms with E-state index in [9.17, 15) is 19.2 Å². The van der Waals surface area contributed by atoms with Gasteiger partial charge in [0.05, 0.1) is 11.6 Å². The number of H-pyrrole nitrogens is 1. The molecule has 13 nitrogen and oxygen atoms in total. The molecular formula is C24H26N9O4. The molecule has 3 aromatic rings. The summed E-state index contributed by atoms with van der Waals surface area (Å²) >= 11 is 0. The lowest BCUT2D eigenvalue weighted by atomic mass is 10.1. The number of aromatic nitrogens is 5. The Labute approximate surface area is 213 Å². The molecule has 1 saturated carbocycles. The van der Waals surface area contributed by atoms with E-state index in [0.717, 1.165) is 0 Å². The third-order valence-corrected chi connectivity index (χ3v) is 5.38. The first-order valence-electron chi connectivity index (χ1n) is 11.4. The summed E-state index contributed by atoms with van der Waals surface area (Å²) in [6.07, 6.45) is 13.7. The lowest BCUT2D eigenvalue weighted by Crippen LogP contribution is -2.33. The van der Waals surface area contributed by atoms with Crippen molar-refractivity contribution in [3.05, 3.63) is 79.8 Å². The van der Waals surface area contributed by atoms with Gasteiger partial charge in [0.1, 0.15) is 5.69 Å². The predicted molar refractivity (Wildman–Crippen MR) is 134 cm³/mol. The summed E-state index contributed by atoms with van der Waals surface area (Å²) in [4.78, 5) is 60.3. The molecule has 191 valence electrons. The van der Waals surface area contributed by atoms with Crippen molar-refractivity contribution in [2.45, 2.75) is 6.42 Å². The van der Waals surface area contributed by atoms with Crippen molar-refractivity contribution < 1.29 is 19.2 Å². The fourth-order valence-electron chi connectivity index (χ4n) is 3.49. The molecule has 3 aromatic heterocycles. The molecule has 1 aliphatic carbocycles. The lowest BCUT2D eigenvalue weighted by Gasteiger charge is -2.09. The maximum absolute atomic E-state index is 12.6. The minimum Gasteiger partial charge on any atom is -0.356 e. The fourth-order valence-corrected chi connectivity index (χ4v) is 3.49. The molecule has 5 radical (unpaired) electrons. The van der Waals surface area contributed by atoms with Crippen LogP contribution in [-0.2, 0) is 18.9 Å². The number of carbonyl (C=O) groups excluding carboxylic acids is 4. The molecule has 1 fully saturated rings. The van der Waals surface area contributed by atoms with Gasteiger partial charge in [0, 0.05) is 52.0 Å². The maximum atomic E-state index is 12.6. The molecule has 0 bridgehead atoms. The monoisotopic (exact) mass is 504 g/mol. The third-order valence-electron chi connectivity index (χ3n) is 5.38. The van der Waals surface area contributed by atoms with Crippen LogP contribution in [0.15, 0.2) is 30.9 Å². The van der Waals surface area contributed by atoms with E-state index in [1.807, 2.05) is 0 Å². The van der Waals surface area contributed by atoms with Gasteiger partial charge in [0.25, 0.3) is 17.7 Å². The highest BCUT2D eigenvalue weighted by atomic mass is 16.2. The van der Waals surface area contributed by atoms with Crippen LogP contribution in [0.5, 0.6) is 0 Å². The SMILES string of the molecule is Cn1cc(NC(=O)c2cc(NC(=O)c3nccn3C)c[nH]2)nc1C(=O)NCCCNC(=O)[C]1[CH][CH][CH][CH]1. The number of hydrogen-bond acceptors (Lipinski definition) is 6. The van der Waals surface area contributed by atoms with E-state index in [1.54, 1.807) is 50.5 Å². The molecule has 13 heteroatoms. The summed E-state index contributed by atoms with van der Waals surface area (Å²) in [5.41, 5.74) is 0.584. The van der Waals surface area contributed by atoms with E-state index in [2.05, 4.69) is 36.2 Å². The molecule has 5 N–H and O–H groups in total. The van der Waals surface area contributed by atoms with Crippen molar-refractivity contribution >= 4 is 35.1 Å². The Balaban J connectivity index is 1.23. The van der Waals surface area contributed by atoms with Gasteiger partial charge in [-0.05, 0) is 38.2 Å². The Hall–Kier alpha value is -4.42. The van der Waals surface area contributed by atoms with Gasteiger partial charge in [0.2, 0.25) is 11.7 Å². The van der Waals surface area contributed by atoms with Crippen LogP contribution >= 0.6 is 0 Å². The van der Waals surface area contributed by atoms with E-state index in [4.69, 9.17) is 0 Å². The molecule has 1 aliphatic rings. The van der Waals surface area contributed by atoms with E-state index in [-0.39, 0.29) is 29.1 Å². The molecule has 0 saturated heterocycles. The topological polar surface area (TPSA) is 168 Å². The second kappa shape index (κ2) is 11.5. The van der Waals surface area contributed by atoms with Crippen molar-refractivity contribution in [1.82, 2.24) is 34.7 Å². The standard InChI is InChI=1S/C24H26N9O4/c1-32-11-10-25-19(32)24(37)29-16-12-17(28-13-16)22(35)31-18-14-33(2)20(30-18)23(36)27-9-5-8-26-21(34)15-6-3-4-7-15/h3-4,6-7,10-14,28H,5,8-9H2,1-2H3,(H,26,34)(H,27,36)(H,29,37)(H,31,35). The lowest BCUT2D eigenvalue weighted by molar-refractivity contribution is -0.118. The van der Waals surface area contributed by atoms with E-state index in [0.29, 0.717) is 31.1 Å². The largest absolute Gasteiger partial charge is 0.356 e. The highest BCUT2D eigenvalue weighted by Crippen LogP contribution is 2.22. The van der Waals surface area contributed by atoms with Gasteiger partial charge in [0.15, 0.2) is 11.6 Å². The minimum atomic E-state index is -0.497. The van der Waals surface area contributed by atoms with E-state index >= 15 is 0 Å². The maximum Gasteiger partial charge on any atom is 0.291 e. The molecule has 3 heterocycles. The highest BCUT2D eigenvalue weighted by Gasteiger charge is 2.24. The first kappa shape index (κ1) is 25.7. The van der Waals surface area contributed by atoms with Gasteiger partial charge < -0.3 is 35.4 Å². The Kier molecular flexibility index (Phi) is 8.01. The molecule has 0 unspecified atom stereocenters. The number of rotatable bonds is 10. The van der Waals surface area contributed by atoms with Crippen molar-refractivity contribution in [3.8, 4) is 0 Å². The Morgan fingerprint density at radius 3 is 2.32 bits per heavy atom. The smallest absolute Gasteiger partial charge is 0.291 e. The molecule has 4 amide bonds. The summed E-state index contributed by atoms with van der Waals surface area (Å²) < 4.78 is 3.07. The molecule has 0 atom stereocenters. The molecule has 0 spiro atoms. The zero-order valence-electron chi connectivity index (χ0n) is 20.2. The Morgan fingerprint density at radius 1 is 0.892 bits per heavy atom. The van der Waals surface area contributed by atoms with Crippen LogP contribution in [0.25, 0.3) is 0 Å². The normalized spacial score (nSPS) is 13.4. The number of imidazole rings is 2. The van der Waals surface area contributed by atoms with Crippen LogP contribution < -0.4 is 21.3 Å². The summed E-state index contributed by atoms with van der Waals surface area (Å²) in [6.45, 7) is 0.746. The van der Waals surface area contributed by atoms with Crippen LogP contribution in [0.1, 0.15) is 38.1 Å². The van der Waals surface area contributed by atoms with Gasteiger partial charge in [-0.15, -0.1) is 0 Å². The number of anilines is 2. The molecule has 4 rings (SSSR count). The first-order valence-corrected chi connectivity index (χ1v) is 11.4. The average molecular weight is 505 g/mol. The van der Waals surface area contributed by atoms with E-state index in [1.165, 1.54) is 29.2 Å². The van der Waals surface area contributed by atoms with Crippen LogP contribution in [0, 0.1) is 31.6 Å². The summed E-state index contributed by atoms with van der Waals surface area (Å²) in [5.74, 6) is -0.356. The predicted octanol–water partition coefficient (Wildman–Crippen LogP) is 0.628. The first-order chi connectivity index (χ1) is 17.8. The summed E-state index contributed by atoms with van der Waals surface area (Å²) in [6, 6.07) is 1.48. The molecule has 0 aromatic carbocycles. The highest BCUT2D eigenvalue weighted by molar-refractivity contribution is 6.05. The summed E-state index contributed by atoms with van der Waals surface area (Å²) in [5, 5.41) is 10.8.